The zero-order chi connectivity index (χ0) is 50.6. The number of carbonyl (C=O) groups excluding carboxylic acids is 4. The molecule has 0 bridgehead atoms. The van der Waals surface area contributed by atoms with Crippen molar-refractivity contribution in [2.24, 2.45) is 11.8 Å². The second-order valence-corrected chi connectivity index (χ2v) is 19.4. The standard InChI is InChI=1S/C54H65N9O9/c1-31(2)46(59-53(66)69-6)50(64)61-21-11-15-42(61)48-55-29-39(57-48)33-18-20-41-36(25-33)27-44-38-19-17-34(28-45(38)72-52(63(41)44)35-13-10-14-37(26-35)71-24-9-8-23-68-5)40-30-56-49(58-40)43-16-12-22-62(43)51(65)47(32(3)4)60-54(67)70-7/h10,13-14,17-20,25-32,42-43,46-47,52H,8-9,11-12,15-16,21-24H2,1-7H3,(H,55,57)(H,56,58)(H,59,66)(H,60,67)/t42-,43-,46-,47-,52?/m0/s1. The van der Waals surface area contributed by atoms with Crippen LogP contribution in [0.25, 0.3) is 44.7 Å². The topological polar surface area (TPSA) is 207 Å². The Morgan fingerprint density at radius 1 is 0.722 bits per heavy atom. The molecule has 0 radical (unpaired) electrons. The van der Waals surface area contributed by atoms with Crippen LogP contribution < -0.4 is 20.1 Å². The zero-order valence-corrected chi connectivity index (χ0v) is 42.0. The average molecular weight is 984 g/mol. The molecule has 3 aliphatic heterocycles. The van der Waals surface area contributed by atoms with E-state index in [0.717, 1.165) is 94.5 Å². The lowest BCUT2D eigenvalue weighted by Gasteiger charge is -2.31. The molecule has 6 aromatic rings. The van der Waals surface area contributed by atoms with Crippen molar-refractivity contribution in [1.29, 1.82) is 0 Å². The lowest BCUT2D eigenvalue weighted by Crippen LogP contribution is -2.51. The van der Waals surface area contributed by atoms with Crippen molar-refractivity contribution < 1.29 is 42.9 Å². The van der Waals surface area contributed by atoms with Crippen LogP contribution in [0.1, 0.15) is 102 Å². The molecule has 9 rings (SSSR count). The van der Waals surface area contributed by atoms with Gasteiger partial charge in [0.15, 0.2) is 0 Å². The van der Waals surface area contributed by atoms with Gasteiger partial charge in [-0.05, 0) is 92.8 Å². The quantitative estimate of drug-likeness (QED) is 0.0635. The van der Waals surface area contributed by atoms with E-state index in [1.165, 1.54) is 14.2 Å². The molecule has 3 aliphatic rings. The van der Waals surface area contributed by atoms with Crippen LogP contribution in [0, 0.1) is 11.8 Å². The summed E-state index contributed by atoms with van der Waals surface area (Å²) >= 11 is 0. The number of carbonyl (C=O) groups is 4. The van der Waals surface area contributed by atoms with Gasteiger partial charge in [0.05, 0.1) is 67.9 Å². The number of fused-ring (bicyclic) bond motifs is 5. The van der Waals surface area contributed by atoms with Gasteiger partial charge in [0.2, 0.25) is 18.0 Å². The number of likely N-dealkylation sites (tertiary alicyclic amines) is 2. The minimum Gasteiger partial charge on any atom is -0.494 e. The number of amides is 4. The van der Waals surface area contributed by atoms with E-state index in [0.29, 0.717) is 43.7 Å². The molecule has 3 aromatic carbocycles. The average Bonchev–Trinajstić information content (AvgIpc) is 4.26. The van der Waals surface area contributed by atoms with E-state index < -0.39 is 30.5 Å². The minimum atomic E-state index is -0.735. The number of rotatable bonds is 17. The van der Waals surface area contributed by atoms with E-state index >= 15 is 0 Å². The number of nitrogens with zero attached hydrogens (tertiary/aromatic N) is 5. The van der Waals surface area contributed by atoms with E-state index in [-0.39, 0.29) is 35.7 Å². The van der Waals surface area contributed by atoms with Crippen LogP contribution >= 0.6 is 0 Å². The molecule has 2 fully saturated rings. The summed E-state index contributed by atoms with van der Waals surface area (Å²) in [6, 6.07) is 20.7. The summed E-state index contributed by atoms with van der Waals surface area (Å²) in [7, 11) is 4.28. The highest BCUT2D eigenvalue weighted by Gasteiger charge is 2.39. The molecule has 3 aromatic heterocycles. The summed E-state index contributed by atoms with van der Waals surface area (Å²) in [6.07, 6.45) is 6.63. The van der Waals surface area contributed by atoms with Gasteiger partial charge in [-0.1, -0.05) is 52.0 Å². The number of unbranched alkanes of at least 4 members (excludes halogenated alkanes) is 1. The molecule has 4 amide bonds. The lowest BCUT2D eigenvalue weighted by molar-refractivity contribution is -0.136. The molecule has 18 nitrogen and oxygen atoms in total. The van der Waals surface area contributed by atoms with Gasteiger partial charge < -0.3 is 58.7 Å². The Hall–Kier alpha value is -7.34. The van der Waals surface area contributed by atoms with E-state index in [1.807, 2.05) is 63.1 Å². The second-order valence-electron chi connectivity index (χ2n) is 19.4. The van der Waals surface area contributed by atoms with Crippen LogP contribution in [0.2, 0.25) is 0 Å². The fraction of sp³-hybridized carbons (Fsp3) is 0.444. The molecular weight excluding hydrogens is 919 g/mol. The van der Waals surface area contributed by atoms with Crippen molar-refractivity contribution >= 4 is 34.9 Å². The summed E-state index contributed by atoms with van der Waals surface area (Å²) in [5.74, 6) is 2.19. The molecule has 5 atom stereocenters. The molecule has 6 heterocycles. The SMILES string of the molecule is COCCCCOc1cccc(C2Oc3cc(-c4cnc([C@@H]5CCCN5C(=O)[C@@H](NC(=O)OC)C(C)C)[nH]4)ccc3-c3cc4cc(-c5cnc([C@@H]6CCCN6C(=O)[C@@H](NC(=O)OC)C(C)C)[nH]5)ccc4n32)c1. The van der Waals surface area contributed by atoms with E-state index in [4.69, 9.17) is 33.7 Å². The molecule has 2 saturated heterocycles. The highest BCUT2D eigenvalue weighted by atomic mass is 16.5. The van der Waals surface area contributed by atoms with Gasteiger partial charge in [-0.2, -0.15) is 0 Å². The monoisotopic (exact) mass is 983 g/mol. The first-order chi connectivity index (χ1) is 34.9. The number of alkyl carbamates (subject to hydrolysis) is 2. The van der Waals surface area contributed by atoms with Gasteiger partial charge >= 0.3 is 12.2 Å². The van der Waals surface area contributed by atoms with Crippen LogP contribution in [-0.2, 0) is 23.8 Å². The molecule has 0 spiro atoms. The van der Waals surface area contributed by atoms with Crippen LogP contribution in [0.15, 0.2) is 79.1 Å². The Kier molecular flexibility index (Phi) is 14.9. The summed E-state index contributed by atoms with van der Waals surface area (Å²) in [4.78, 5) is 72.4. The fourth-order valence-electron chi connectivity index (χ4n) is 10.2. The minimum absolute atomic E-state index is 0.140. The molecule has 18 heteroatoms. The Morgan fingerprint density at radius 3 is 1.89 bits per heavy atom. The van der Waals surface area contributed by atoms with Crippen LogP contribution in [0.3, 0.4) is 0 Å². The maximum atomic E-state index is 13.9. The molecule has 1 unspecified atom stereocenters. The third-order valence-corrected chi connectivity index (χ3v) is 14.0. The zero-order valence-electron chi connectivity index (χ0n) is 42.0. The van der Waals surface area contributed by atoms with Crippen molar-refractivity contribution in [2.45, 2.75) is 96.6 Å². The first-order valence-corrected chi connectivity index (χ1v) is 25.0. The van der Waals surface area contributed by atoms with Crippen LogP contribution in [0.5, 0.6) is 11.5 Å². The molecule has 380 valence electrons. The normalized spacial score (nSPS) is 18.2. The smallest absolute Gasteiger partial charge is 0.407 e. The van der Waals surface area contributed by atoms with Crippen molar-refractivity contribution in [2.75, 3.05) is 47.6 Å². The highest BCUT2D eigenvalue weighted by Crippen LogP contribution is 2.47. The fourth-order valence-corrected chi connectivity index (χ4v) is 10.2. The molecule has 0 aliphatic carbocycles. The van der Waals surface area contributed by atoms with Crippen molar-refractivity contribution in [3.05, 3.63) is 96.3 Å². The Bertz CT molecular complexity index is 2920. The number of H-pyrrole nitrogens is 2. The third kappa shape index (κ3) is 10.1. The molecular formula is C54H65N9O9. The predicted molar refractivity (Wildman–Crippen MR) is 270 cm³/mol. The number of nitrogens with one attached hydrogen (secondary N) is 4. The molecule has 72 heavy (non-hydrogen) atoms. The van der Waals surface area contributed by atoms with E-state index in [1.54, 1.807) is 18.2 Å². The Labute approximate surface area is 419 Å². The van der Waals surface area contributed by atoms with Crippen molar-refractivity contribution in [3.63, 3.8) is 0 Å². The van der Waals surface area contributed by atoms with Gasteiger partial charge in [0, 0.05) is 54.4 Å². The number of benzene rings is 3. The van der Waals surface area contributed by atoms with Crippen molar-refractivity contribution in [1.82, 2.24) is 44.9 Å². The summed E-state index contributed by atoms with van der Waals surface area (Å²) in [5, 5.41) is 6.44. The van der Waals surface area contributed by atoms with Gasteiger partial charge in [-0.25, -0.2) is 19.6 Å². The number of aromatic nitrogens is 5. The second kappa shape index (κ2) is 21.6. The Balaban J connectivity index is 1.03. The lowest BCUT2D eigenvalue weighted by atomic mass is 10.0. The third-order valence-electron chi connectivity index (χ3n) is 14.0. The first kappa shape index (κ1) is 49.6. The van der Waals surface area contributed by atoms with Gasteiger partial charge in [0.1, 0.15) is 35.2 Å². The van der Waals surface area contributed by atoms with Gasteiger partial charge in [0.25, 0.3) is 0 Å². The summed E-state index contributed by atoms with van der Waals surface area (Å²) in [5.41, 5.74) is 7.17. The maximum Gasteiger partial charge on any atom is 0.407 e. The highest BCUT2D eigenvalue weighted by molar-refractivity contribution is 5.93. The largest absolute Gasteiger partial charge is 0.494 e. The van der Waals surface area contributed by atoms with Crippen molar-refractivity contribution in [3.8, 4) is 45.3 Å². The molecule has 0 saturated carbocycles. The first-order valence-electron chi connectivity index (χ1n) is 25.0. The van der Waals surface area contributed by atoms with E-state index in [9.17, 15) is 19.2 Å². The summed E-state index contributed by atoms with van der Waals surface area (Å²) in [6.45, 7) is 9.95. The van der Waals surface area contributed by atoms with E-state index in [2.05, 4.69) is 67.6 Å². The van der Waals surface area contributed by atoms with Crippen LogP contribution in [0.4, 0.5) is 9.59 Å². The number of hydrogen-bond donors (Lipinski definition) is 4. The predicted octanol–water partition coefficient (Wildman–Crippen LogP) is 8.92. The number of imidazole rings is 2. The number of hydrogen-bond acceptors (Lipinski definition) is 11. The number of aromatic amines is 2. The number of ether oxygens (including phenoxy) is 5. The maximum absolute atomic E-state index is 13.9. The molecule has 4 N–H and O–H groups in total. The van der Waals surface area contributed by atoms with Crippen LogP contribution in [-0.4, -0.2) is 118 Å². The van der Waals surface area contributed by atoms with Gasteiger partial charge in [-0.15, -0.1) is 0 Å². The number of methoxy groups -OCH3 is 3. The van der Waals surface area contributed by atoms with Gasteiger partial charge in [-0.3, -0.25) is 9.59 Å². The Morgan fingerprint density at radius 2 is 1.31 bits per heavy atom. The summed E-state index contributed by atoms with van der Waals surface area (Å²) < 4.78 is 30.4.